The van der Waals surface area contributed by atoms with E-state index in [4.69, 9.17) is 10.8 Å². The Hall–Kier alpha value is -2.16. The highest BCUT2D eigenvalue weighted by Gasteiger charge is 2.29. The Morgan fingerprint density at radius 3 is 1.88 bits per heavy atom. The Balaban J connectivity index is 5.09. The minimum atomic E-state index is -1.17. The molecule has 144 valence electrons. The molecule has 3 unspecified atom stereocenters. The maximum atomic E-state index is 12.5. The van der Waals surface area contributed by atoms with Gasteiger partial charge in [-0.3, -0.25) is 19.2 Å². The van der Waals surface area contributed by atoms with Crippen LogP contribution in [0.1, 0.15) is 41.0 Å². The minimum absolute atomic E-state index is 0.0945. The van der Waals surface area contributed by atoms with Gasteiger partial charge in [-0.1, -0.05) is 27.7 Å². The Kier molecular flexibility index (Phi) is 9.73. The van der Waals surface area contributed by atoms with E-state index in [1.807, 2.05) is 13.8 Å². The van der Waals surface area contributed by atoms with Crippen LogP contribution in [0.4, 0.5) is 0 Å². The molecule has 0 rings (SSSR count). The Morgan fingerprint density at radius 1 is 0.920 bits per heavy atom. The molecule has 0 aliphatic carbocycles. The molecule has 0 saturated heterocycles. The summed E-state index contributed by atoms with van der Waals surface area (Å²) in [7, 11) is 0. The van der Waals surface area contributed by atoms with E-state index < -0.39 is 48.4 Å². The van der Waals surface area contributed by atoms with Gasteiger partial charge < -0.3 is 26.8 Å². The third-order valence-corrected chi connectivity index (χ3v) is 3.41. The number of rotatable bonds is 10. The molecule has 0 aliphatic rings. The summed E-state index contributed by atoms with van der Waals surface area (Å²) in [6.45, 7) is 8.24. The zero-order valence-corrected chi connectivity index (χ0v) is 15.5. The van der Waals surface area contributed by atoms with Crippen molar-refractivity contribution in [2.24, 2.45) is 17.6 Å². The quantitative estimate of drug-likeness (QED) is 0.345. The SMILES string of the molecule is CC(C)CC(NC(=O)C(NC(=O)C(C)N)C(C)C)C(=O)NCC(=O)O. The van der Waals surface area contributed by atoms with Gasteiger partial charge in [0.25, 0.3) is 0 Å². The molecule has 0 aromatic rings. The normalized spacial score (nSPS) is 14.6. The topological polar surface area (TPSA) is 151 Å². The molecule has 9 nitrogen and oxygen atoms in total. The van der Waals surface area contributed by atoms with Crippen LogP contribution in [0.25, 0.3) is 0 Å². The second kappa shape index (κ2) is 10.7. The Labute approximate surface area is 148 Å². The van der Waals surface area contributed by atoms with Crippen LogP contribution in [0.15, 0.2) is 0 Å². The highest BCUT2D eigenvalue weighted by molar-refractivity contribution is 5.93. The predicted octanol–water partition coefficient (Wildman–Crippen LogP) is -0.794. The first kappa shape index (κ1) is 22.8. The second-order valence-corrected chi connectivity index (χ2v) is 6.82. The lowest BCUT2D eigenvalue weighted by molar-refractivity contribution is -0.138. The van der Waals surface area contributed by atoms with Crippen molar-refractivity contribution in [3.63, 3.8) is 0 Å². The van der Waals surface area contributed by atoms with Crippen molar-refractivity contribution >= 4 is 23.7 Å². The number of amides is 3. The molecule has 0 aromatic heterocycles. The molecule has 0 bridgehead atoms. The van der Waals surface area contributed by atoms with Crippen molar-refractivity contribution < 1.29 is 24.3 Å². The molecular weight excluding hydrogens is 328 g/mol. The molecule has 9 heteroatoms. The molecule has 0 aromatic carbocycles. The molecule has 0 heterocycles. The van der Waals surface area contributed by atoms with Crippen LogP contribution in [0, 0.1) is 11.8 Å². The molecule has 0 aliphatic heterocycles. The van der Waals surface area contributed by atoms with Crippen LogP contribution in [-0.4, -0.2) is 53.5 Å². The van der Waals surface area contributed by atoms with Crippen LogP contribution in [0.3, 0.4) is 0 Å². The Morgan fingerprint density at radius 2 is 1.48 bits per heavy atom. The van der Waals surface area contributed by atoms with Crippen molar-refractivity contribution in [1.82, 2.24) is 16.0 Å². The van der Waals surface area contributed by atoms with Gasteiger partial charge in [0.2, 0.25) is 17.7 Å². The van der Waals surface area contributed by atoms with Gasteiger partial charge in [-0.25, -0.2) is 0 Å². The van der Waals surface area contributed by atoms with E-state index >= 15 is 0 Å². The second-order valence-electron chi connectivity index (χ2n) is 6.82. The summed E-state index contributed by atoms with van der Waals surface area (Å²) in [6.07, 6.45) is 0.337. The van der Waals surface area contributed by atoms with Crippen LogP contribution < -0.4 is 21.7 Å². The number of hydrogen-bond acceptors (Lipinski definition) is 5. The third kappa shape index (κ3) is 9.04. The van der Waals surface area contributed by atoms with Gasteiger partial charge in [0.15, 0.2) is 0 Å². The monoisotopic (exact) mass is 358 g/mol. The highest BCUT2D eigenvalue weighted by atomic mass is 16.4. The lowest BCUT2D eigenvalue weighted by Crippen LogP contribution is -2.57. The van der Waals surface area contributed by atoms with Gasteiger partial charge in [0, 0.05) is 0 Å². The Bertz CT molecular complexity index is 491. The summed E-state index contributed by atoms with van der Waals surface area (Å²) >= 11 is 0. The van der Waals surface area contributed by atoms with E-state index in [9.17, 15) is 19.2 Å². The molecule has 0 radical (unpaired) electrons. The van der Waals surface area contributed by atoms with E-state index in [1.165, 1.54) is 6.92 Å². The van der Waals surface area contributed by atoms with Crippen LogP contribution in [0.2, 0.25) is 0 Å². The summed E-state index contributed by atoms with van der Waals surface area (Å²) in [5.41, 5.74) is 5.50. The number of hydrogen-bond donors (Lipinski definition) is 5. The lowest BCUT2D eigenvalue weighted by atomic mass is 9.99. The fraction of sp³-hybridized carbons (Fsp3) is 0.750. The van der Waals surface area contributed by atoms with E-state index in [0.717, 1.165) is 0 Å². The number of carbonyl (C=O) groups excluding carboxylic acids is 3. The van der Waals surface area contributed by atoms with Crippen LogP contribution in [-0.2, 0) is 19.2 Å². The highest BCUT2D eigenvalue weighted by Crippen LogP contribution is 2.08. The number of aliphatic carboxylic acids is 1. The van der Waals surface area contributed by atoms with Gasteiger partial charge >= 0.3 is 5.97 Å². The average molecular weight is 358 g/mol. The molecule has 0 saturated carbocycles. The predicted molar refractivity (Wildman–Crippen MR) is 92.4 cm³/mol. The molecule has 0 fully saturated rings. The zero-order chi connectivity index (χ0) is 19.7. The molecular formula is C16H30N4O5. The summed E-state index contributed by atoms with van der Waals surface area (Å²) in [5, 5.41) is 16.1. The van der Waals surface area contributed by atoms with Gasteiger partial charge in [0.1, 0.15) is 18.6 Å². The molecule has 6 N–H and O–H groups in total. The van der Waals surface area contributed by atoms with Crippen LogP contribution >= 0.6 is 0 Å². The van der Waals surface area contributed by atoms with Crippen molar-refractivity contribution in [3.8, 4) is 0 Å². The van der Waals surface area contributed by atoms with E-state index in [-0.39, 0.29) is 11.8 Å². The first-order valence-electron chi connectivity index (χ1n) is 8.31. The fourth-order valence-corrected chi connectivity index (χ4v) is 2.07. The summed E-state index contributed by atoms with van der Waals surface area (Å²) < 4.78 is 0. The maximum absolute atomic E-state index is 12.5. The summed E-state index contributed by atoms with van der Waals surface area (Å²) in [6, 6.07) is -2.50. The number of carbonyl (C=O) groups is 4. The van der Waals surface area contributed by atoms with Gasteiger partial charge in [-0.15, -0.1) is 0 Å². The number of carboxylic acid groups (broad SMARTS) is 1. The standard InChI is InChI=1S/C16H30N4O5/c1-8(2)6-11(15(24)18-7-12(21)22)19-16(25)13(9(3)4)20-14(23)10(5)17/h8-11,13H,6-7,17H2,1-5H3,(H,18,24)(H,19,25)(H,20,23)(H,21,22). The number of nitrogens with two attached hydrogens (primary N) is 1. The van der Waals surface area contributed by atoms with E-state index in [1.54, 1.807) is 13.8 Å². The van der Waals surface area contributed by atoms with Crippen molar-refractivity contribution in [2.75, 3.05) is 6.54 Å². The van der Waals surface area contributed by atoms with Gasteiger partial charge in [-0.05, 0) is 25.2 Å². The average Bonchev–Trinajstić information content (AvgIpc) is 2.47. The minimum Gasteiger partial charge on any atom is -0.480 e. The lowest BCUT2D eigenvalue weighted by Gasteiger charge is -2.26. The first-order valence-corrected chi connectivity index (χ1v) is 8.31. The fourth-order valence-electron chi connectivity index (χ4n) is 2.07. The van der Waals surface area contributed by atoms with Crippen LogP contribution in [0.5, 0.6) is 0 Å². The van der Waals surface area contributed by atoms with Crippen molar-refractivity contribution in [2.45, 2.75) is 59.2 Å². The number of nitrogens with one attached hydrogen (secondary N) is 3. The van der Waals surface area contributed by atoms with Gasteiger partial charge in [-0.2, -0.15) is 0 Å². The molecule has 3 atom stereocenters. The van der Waals surface area contributed by atoms with E-state index in [0.29, 0.717) is 6.42 Å². The van der Waals surface area contributed by atoms with Crippen molar-refractivity contribution in [1.29, 1.82) is 0 Å². The van der Waals surface area contributed by atoms with Gasteiger partial charge in [0.05, 0.1) is 6.04 Å². The molecule has 0 spiro atoms. The van der Waals surface area contributed by atoms with Crippen molar-refractivity contribution in [3.05, 3.63) is 0 Å². The third-order valence-electron chi connectivity index (χ3n) is 3.41. The summed E-state index contributed by atoms with van der Waals surface area (Å²) in [4.78, 5) is 47.0. The molecule has 3 amide bonds. The molecule has 25 heavy (non-hydrogen) atoms. The largest absolute Gasteiger partial charge is 0.480 e. The van der Waals surface area contributed by atoms with E-state index in [2.05, 4.69) is 16.0 Å². The summed E-state index contributed by atoms with van der Waals surface area (Å²) in [5.74, 6) is -2.86. The smallest absolute Gasteiger partial charge is 0.322 e. The maximum Gasteiger partial charge on any atom is 0.322 e. The number of carboxylic acids is 1. The zero-order valence-electron chi connectivity index (χ0n) is 15.5. The first-order chi connectivity index (χ1) is 11.5.